The van der Waals surface area contributed by atoms with Gasteiger partial charge in [0.2, 0.25) is 0 Å². The minimum absolute atomic E-state index is 0.280. The van der Waals surface area contributed by atoms with Gasteiger partial charge in [0.05, 0.1) is 0 Å². The summed E-state index contributed by atoms with van der Waals surface area (Å²) in [5.74, 6) is -0.447. The number of amides is 1. The number of rotatable bonds is 3. The number of benzene rings is 1. The average molecular weight is 262 g/mol. The van der Waals surface area contributed by atoms with Gasteiger partial charge in [-0.2, -0.15) is 5.10 Å². The Labute approximate surface area is 110 Å². The van der Waals surface area contributed by atoms with E-state index in [-0.39, 0.29) is 17.5 Å². The van der Waals surface area contributed by atoms with Crippen LogP contribution in [0.15, 0.2) is 24.3 Å². The molecule has 2 rings (SSSR count). The van der Waals surface area contributed by atoms with Gasteiger partial charge in [0.1, 0.15) is 17.3 Å². The smallest absolute Gasteiger partial charge is 0.274 e. The highest BCUT2D eigenvalue weighted by Crippen LogP contribution is 2.15. The summed E-state index contributed by atoms with van der Waals surface area (Å²) in [6, 6.07) is 6.02. The number of nitrogens with zero attached hydrogens (tertiary/aromatic N) is 2. The first-order valence-electron chi connectivity index (χ1n) is 5.92. The average Bonchev–Trinajstić information content (AvgIpc) is 2.75. The summed E-state index contributed by atoms with van der Waals surface area (Å²) >= 11 is 0. The van der Waals surface area contributed by atoms with E-state index in [1.807, 2.05) is 6.92 Å². The van der Waals surface area contributed by atoms with Crippen LogP contribution in [0.3, 0.4) is 0 Å². The fourth-order valence-corrected chi connectivity index (χ4v) is 1.73. The highest BCUT2D eigenvalue weighted by molar-refractivity contribution is 6.03. The molecule has 0 bridgehead atoms. The van der Waals surface area contributed by atoms with Crippen LogP contribution in [0.5, 0.6) is 0 Å². The Hall–Kier alpha value is -2.37. The number of aromatic nitrogens is 2. The van der Waals surface area contributed by atoms with Crippen molar-refractivity contribution in [3.63, 3.8) is 0 Å². The second-order valence-electron chi connectivity index (χ2n) is 4.19. The van der Waals surface area contributed by atoms with E-state index in [4.69, 9.17) is 5.73 Å². The second kappa shape index (κ2) is 5.09. The molecule has 0 fully saturated rings. The number of nitrogens with two attached hydrogens (primary N) is 1. The summed E-state index contributed by atoms with van der Waals surface area (Å²) in [5, 5.41) is 6.60. The van der Waals surface area contributed by atoms with Crippen LogP contribution in [0.25, 0.3) is 0 Å². The first-order chi connectivity index (χ1) is 9.01. The number of nitrogens with one attached hydrogen (secondary N) is 1. The first kappa shape index (κ1) is 13.1. The van der Waals surface area contributed by atoms with Crippen molar-refractivity contribution in [3.05, 3.63) is 41.3 Å². The zero-order valence-corrected chi connectivity index (χ0v) is 10.8. The minimum Gasteiger partial charge on any atom is -0.382 e. The SMILES string of the molecule is CCn1nc(N)cc1C(=O)Nc1ccc(C)c(F)c1. The number of hydrogen-bond acceptors (Lipinski definition) is 3. The molecule has 0 spiro atoms. The monoisotopic (exact) mass is 262 g/mol. The molecule has 6 heteroatoms. The van der Waals surface area contributed by atoms with Crippen LogP contribution >= 0.6 is 0 Å². The molecule has 100 valence electrons. The summed E-state index contributed by atoms with van der Waals surface area (Å²) in [6.07, 6.45) is 0. The maximum Gasteiger partial charge on any atom is 0.274 e. The Morgan fingerprint density at radius 3 is 2.84 bits per heavy atom. The zero-order valence-electron chi connectivity index (χ0n) is 10.8. The van der Waals surface area contributed by atoms with Crippen LogP contribution in [-0.4, -0.2) is 15.7 Å². The van der Waals surface area contributed by atoms with Crippen LogP contribution in [0.1, 0.15) is 23.0 Å². The molecule has 3 N–H and O–H groups in total. The Kier molecular flexibility index (Phi) is 3.50. The van der Waals surface area contributed by atoms with E-state index >= 15 is 0 Å². The van der Waals surface area contributed by atoms with Crippen LogP contribution in [0.2, 0.25) is 0 Å². The van der Waals surface area contributed by atoms with Gasteiger partial charge >= 0.3 is 0 Å². The highest BCUT2D eigenvalue weighted by atomic mass is 19.1. The van der Waals surface area contributed by atoms with Crippen molar-refractivity contribution < 1.29 is 9.18 Å². The maximum atomic E-state index is 13.4. The third-order valence-electron chi connectivity index (χ3n) is 2.76. The summed E-state index contributed by atoms with van der Waals surface area (Å²) in [6.45, 7) is 4.05. The van der Waals surface area contributed by atoms with Crippen molar-refractivity contribution in [2.45, 2.75) is 20.4 Å². The van der Waals surface area contributed by atoms with Gasteiger partial charge in [-0.05, 0) is 31.5 Å². The van der Waals surface area contributed by atoms with Gasteiger partial charge in [0.25, 0.3) is 5.91 Å². The van der Waals surface area contributed by atoms with Gasteiger partial charge in [-0.15, -0.1) is 0 Å². The topological polar surface area (TPSA) is 72.9 Å². The third-order valence-corrected chi connectivity index (χ3v) is 2.76. The molecule has 0 unspecified atom stereocenters. The summed E-state index contributed by atoms with van der Waals surface area (Å²) in [7, 11) is 0. The highest BCUT2D eigenvalue weighted by Gasteiger charge is 2.14. The van der Waals surface area contributed by atoms with Crippen molar-refractivity contribution in [3.8, 4) is 0 Å². The Balaban J connectivity index is 2.22. The molecule has 0 saturated carbocycles. The van der Waals surface area contributed by atoms with Crippen LogP contribution in [0, 0.1) is 12.7 Å². The third kappa shape index (κ3) is 2.73. The second-order valence-corrected chi connectivity index (χ2v) is 4.19. The first-order valence-corrected chi connectivity index (χ1v) is 5.92. The molecule has 0 aliphatic rings. The van der Waals surface area contributed by atoms with Gasteiger partial charge in [-0.3, -0.25) is 9.48 Å². The van der Waals surface area contributed by atoms with E-state index in [2.05, 4.69) is 10.4 Å². The number of carbonyl (C=O) groups is 1. The fraction of sp³-hybridized carbons (Fsp3) is 0.231. The zero-order chi connectivity index (χ0) is 14.0. The quantitative estimate of drug-likeness (QED) is 0.890. The fourth-order valence-electron chi connectivity index (χ4n) is 1.73. The van der Waals surface area contributed by atoms with Crippen LogP contribution in [-0.2, 0) is 6.54 Å². The predicted molar refractivity (Wildman–Crippen MR) is 71.4 cm³/mol. The van der Waals surface area contributed by atoms with Crippen molar-refractivity contribution in [1.82, 2.24) is 9.78 Å². The van der Waals surface area contributed by atoms with Crippen molar-refractivity contribution >= 4 is 17.4 Å². The normalized spacial score (nSPS) is 10.5. The Bertz CT molecular complexity index is 621. The maximum absolute atomic E-state index is 13.4. The number of halogens is 1. The van der Waals surface area contributed by atoms with Crippen molar-refractivity contribution in [2.24, 2.45) is 0 Å². The number of carbonyl (C=O) groups excluding carboxylic acids is 1. The van der Waals surface area contributed by atoms with Gasteiger partial charge in [-0.25, -0.2) is 4.39 Å². The Morgan fingerprint density at radius 2 is 2.21 bits per heavy atom. The largest absolute Gasteiger partial charge is 0.382 e. The van der Waals surface area contributed by atoms with E-state index in [1.165, 1.54) is 16.8 Å². The number of nitrogen functional groups attached to an aromatic ring is 1. The Morgan fingerprint density at radius 1 is 1.47 bits per heavy atom. The molecule has 0 aliphatic carbocycles. The van der Waals surface area contributed by atoms with E-state index in [0.29, 0.717) is 23.5 Å². The summed E-state index contributed by atoms with van der Waals surface area (Å²) in [4.78, 5) is 12.1. The lowest BCUT2D eigenvalue weighted by Crippen LogP contribution is -2.17. The van der Waals surface area contributed by atoms with E-state index in [9.17, 15) is 9.18 Å². The number of aryl methyl sites for hydroxylation is 2. The predicted octanol–water partition coefficient (Wildman–Crippen LogP) is 2.19. The lowest BCUT2D eigenvalue weighted by Gasteiger charge is -2.07. The molecule has 2 aromatic rings. The molecule has 0 saturated heterocycles. The van der Waals surface area contributed by atoms with Crippen LogP contribution < -0.4 is 11.1 Å². The molecule has 5 nitrogen and oxygen atoms in total. The molecule has 1 amide bonds. The van der Waals surface area contributed by atoms with Crippen molar-refractivity contribution in [1.29, 1.82) is 0 Å². The summed E-state index contributed by atoms with van der Waals surface area (Å²) < 4.78 is 14.9. The molecule has 0 aliphatic heterocycles. The molecular weight excluding hydrogens is 247 g/mol. The van der Waals surface area contributed by atoms with E-state index < -0.39 is 0 Å². The molecule has 19 heavy (non-hydrogen) atoms. The lowest BCUT2D eigenvalue weighted by molar-refractivity contribution is 0.101. The number of hydrogen-bond donors (Lipinski definition) is 2. The molecule has 1 aromatic carbocycles. The van der Waals surface area contributed by atoms with E-state index in [1.54, 1.807) is 19.1 Å². The van der Waals surface area contributed by atoms with Gasteiger partial charge < -0.3 is 11.1 Å². The van der Waals surface area contributed by atoms with Crippen LogP contribution in [0.4, 0.5) is 15.9 Å². The number of anilines is 2. The van der Waals surface area contributed by atoms with Gasteiger partial charge in [-0.1, -0.05) is 6.07 Å². The van der Waals surface area contributed by atoms with E-state index in [0.717, 1.165) is 0 Å². The molecule has 1 aromatic heterocycles. The molecule has 1 heterocycles. The molecular formula is C13H15FN4O. The standard InChI is InChI=1S/C13H15FN4O/c1-3-18-11(7-12(15)17-18)13(19)16-9-5-4-8(2)10(14)6-9/h4-7H,3H2,1-2H3,(H2,15,17)(H,16,19). The summed E-state index contributed by atoms with van der Waals surface area (Å²) in [5.41, 5.74) is 6.83. The van der Waals surface area contributed by atoms with Gasteiger partial charge in [0.15, 0.2) is 0 Å². The minimum atomic E-state index is -0.366. The molecule has 0 radical (unpaired) electrons. The lowest BCUT2D eigenvalue weighted by atomic mass is 10.2. The van der Waals surface area contributed by atoms with Gasteiger partial charge in [0, 0.05) is 18.3 Å². The molecule has 0 atom stereocenters. The van der Waals surface area contributed by atoms with Crippen molar-refractivity contribution in [2.75, 3.05) is 11.1 Å².